The Hall–Kier alpha value is -1.62. The number of unbranched alkanes of at least 4 members (excludes halogenated alkanes) is 1. The molecule has 0 saturated carbocycles. The van der Waals surface area contributed by atoms with Crippen LogP contribution in [0.5, 0.6) is 0 Å². The number of hydrogen-bond donors (Lipinski definition) is 2. The van der Waals surface area contributed by atoms with Gasteiger partial charge in [-0.3, -0.25) is 4.79 Å². The summed E-state index contributed by atoms with van der Waals surface area (Å²) in [5, 5.41) is 2.76. The molecule has 1 aromatic rings. The number of nitrogen functional groups attached to an aromatic ring is 1. The van der Waals surface area contributed by atoms with E-state index in [2.05, 4.69) is 5.32 Å². The number of carbonyl (C=O) groups excluding carboxylic acids is 1. The van der Waals surface area contributed by atoms with Crippen molar-refractivity contribution >= 4 is 11.6 Å². The lowest BCUT2D eigenvalue weighted by atomic mass is 10.2. The van der Waals surface area contributed by atoms with E-state index in [-0.39, 0.29) is 17.7 Å². The zero-order valence-electron chi connectivity index (χ0n) is 11.4. The normalized spacial score (nSPS) is 10.7. The number of nitrogens with two attached hydrogens (primary N) is 1. The van der Waals surface area contributed by atoms with Crippen molar-refractivity contribution < 1.29 is 13.9 Å². The molecule has 0 bridgehead atoms. The molecule has 1 rings (SSSR count). The summed E-state index contributed by atoms with van der Waals surface area (Å²) < 4.78 is 18.3. The minimum Gasteiger partial charge on any atom is -0.396 e. The third-order valence-corrected chi connectivity index (χ3v) is 2.57. The Morgan fingerprint density at radius 2 is 2.16 bits per heavy atom. The van der Waals surface area contributed by atoms with Gasteiger partial charge in [-0.05, 0) is 44.9 Å². The fourth-order valence-electron chi connectivity index (χ4n) is 1.54. The smallest absolute Gasteiger partial charge is 0.251 e. The number of carbonyl (C=O) groups is 1. The van der Waals surface area contributed by atoms with Crippen molar-refractivity contribution in [1.82, 2.24) is 5.32 Å². The minimum absolute atomic E-state index is 0.0158. The van der Waals surface area contributed by atoms with E-state index in [1.807, 2.05) is 13.8 Å². The molecule has 1 aromatic carbocycles. The highest BCUT2D eigenvalue weighted by Gasteiger charge is 2.07. The van der Waals surface area contributed by atoms with Gasteiger partial charge in [0.05, 0.1) is 11.8 Å². The Morgan fingerprint density at radius 3 is 2.79 bits per heavy atom. The number of ether oxygens (including phenoxy) is 1. The standard InChI is InChI=1S/C14H21FN2O2/c1-10(2)19-8-4-3-7-17-14(18)11-5-6-12(15)13(16)9-11/h5-6,9-10H,3-4,7-8,16H2,1-2H3,(H,17,18). The second-order valence-corrected chi connectivity index (χ2v) is 4.62. The highest BCUT2D eigenvalue weighted by atomic mass is 19.1. The van der Waals surface area contributed by atoms with Gasteiger partial charge in [-0.2, -0.15) is 0 Å². The zero-order chi connectivity index (χ0) is 14.3. The van der Waals surface area contributed by atoms with E-state index in [0.717, 1.165) is 12.8 Å². The highest BCUT2D eigenvalue weighted by Crippen LogP contribution is 2.11. The Morgan fingerprint density at radius 1 is 1.42 bits per heavy atom. The van der Waals surface area contributed by atoms with Crippen LogP contribution in [0.15, 0.2) is 18.2 Å². The zero-order valence-corrected chi connectivity index (χ0v) is 11.4. The van der Waals surface area contributed by atoms with Crippen molar-refractivity contribution in [3.63, 3.8) is 0 Å². The lowest BCUT2D eigenvalue weighted by molar-refractivity contribution is 0.0754. The number of anilines is 1. The van der Waals surface area contributed by atoms with E-state index in [0.29, 0.717) is 18.7 Å². The van der Waals surface area contributed by atoms with Crippen LogP contribution in [0, 0.1) is 5.82 Å². The quantitative estimate of drug-likeness (QED) is 0.589. The third kappa shape index (κ3) is 5.70. The van der Waals surface area contributed by atoms with Gasteiger partial charge >= 0.3 is 0 Å². The van der Waals surface area contributed by atoms with Gasteiger partial charge in [-0.15, -0.1) is 0 Å². The molecule has 0 fully saturated rings. The molecule has 3 N–H and O–H groups in total. The Labute approximate surface area is 113 Å². The lowest BCUT2D eigenvalue weighted by Gasteiger charge is -2.08. The first-order valence-corrected chi connectivity index (χ1v) is 6.45. The first-order chi connectivity index (χ1) is 9.00. The summed E-state index contributed by atoms with van der Waals surface area (Å²) in [5.41, 5.74) is 5.77. The molecule has 0 aliphatic carbocycles. The van der Waals surface area contributed by atoms with Crippen LogP contribution in [-0.2, 0) is 4.74 Å². The molecule has 106 valence electrons. The number of benzene rings is 1. The first-order valence-electron chi connectivity index (χ1n) is 6.45. The molecule has 0 radical (unpaired) electrons. The SMILES string of the molecule is CC(C)OCCCCNC(=O)c1ccc(F)c(N)c1. The van der Waals surface area contributed by atoms with Crippen molar-refractivity contribution in [3.8, 4) is 0 Å². The summed E-state index contributed by atoms with van der Waals surface area (Å²) in [6.45, 7) is 5.23. The van der Waals surface area contributed by atoms with Crippen molar-refractivity contribution in [2.24, 2.45) is 0 Å². The molecule has 0 unspecified atom stereocenters. The predicted molar refractivity (Wildman–Crippen MR) is 73.5 cm³/mol. The molecule has 0 atom stereocenters. The van der Waals surface area contributed by atoms with Crippen LogP contribution < -0.4 is 11.1 Å². The van der Waals surface area contributed by atoms with Crippen LogP contribution in [-0.4, -0.2) is 25.2 Å². The molecule has 19 heavy (non-hydrogen) atoms. The molecule has 0 heterocycles. The highest BCUT2D eigenvalue weighted by molar-refractivity contribution is 5.94. The van der Waals surface area contributed by atoms with Crippen molar-refractivity contribution in [2.45, 2.75) is 32.8 Å². The van der Waals surface area contributed by atoms with E-state index in [4.69, 9.17) is 10.5 Å². The molecular weight excluding hydrogens is 247 g/mol. The molecule has 0 aromatic heterocycles. The topological polar surface area (TPSA) is 64.3 Å². The molecular formula is C14H21FN2O2. The summed E-state index contributed by atoms with van der Waals surface area (Å²) >= 11 is 0. The molecule has 0 aliphatic rings. The van der Waals surface area contributed by atoms with Gasteiger partial charge in [-0.1, -0.05) is 0 Å². The summed E-state index contributed by atoms with van der Waals surface area (Å²) in [6.07, 6.45) is 1.97. The Bertz CT molecular complexity index is 422. The molecule has 5 heteroatoms. The second kappa shape index (κ2) is 7.74. The minimum atomic E-state index is -0.512. The van der Waals surface area contributed by atoms with Crippen LogP contribution in [0.4, 0.5) is 10.1 Å². The summed E-state index contributed by atoms with van der Waals surface area (Å²) in [7, 11) is 0. The monoisotopic (exact) mass is 268 g/mol. The molecule has 1 amide bonds. The fourth-order valence-corrected chi connectivity index (χ4v) is 1.54. The van der Waals surface area contributed by atoms with E-state index in [9.17, 15) is 9.18 Å². The van der Waals surface area contributed by atoms with Gasteiger partial charge in [0.2, 0.25) is 0 Å². The van der Waals surface area contributed by atoms with E-state index >= 15 is 0 Å². The van der Waals surface area contributed by atoms with Crippen molar-refractivity contribution in [1.29, 1.82) is 0 Å². The Kier molecular flexibility index (Phi) is 6.29. The van der Waals surface area contributed by atoms with Gasteiger partial charge < -0.3 is 15.8 Å². The average Bonchev–Trinajstić information content (AvgIpc) is 2.36. The first kappa shape index (κ1) is 15.4. The van der Waals surface area contributed by atoms with Crippen LogP contribution in [0.2, 0.25) is 0 Å². The van der Waals surface area contributed by atoms with Crippen LogP contribution in [0.3, 0.4) is 0 Å². The molecule has 0 spiro atoms. The van der Waals surface area contributed by atoms with Gasteiger partial charge in [-0.25, -0.2) is 4.39 Å². The second-order valence-electron chi connectivity index (χ2n) is 4.62. The molecule has 0 saturated heterocycles. The van der Waals surface area contributed by atoms with E-state index < -0.39 is 5.82 Å². The van der Waals surface area contributed by atoms with Gasteiger partial charge in [0.1, 0.15) is 5.82 Å². The summed E-state index contributed by atoms with van der Waals surface area (Å²) in [6, 6.07) is 3.95. The molecule has 4 nitrogen and oxygen atoms in total. The largest absolute Gasteiger partial charge is 0.396 e. The van der Waals surface area contributed by atoms with Gasteiger partial charge in [0.15, 0.2) is 0 Å². The van der Waals surface area contributed by atoms with Crippen molar-refractivity contribution in [3.05, 3.63) is 29.6 Å². The maximum atomic E-state index is 12.9. The number of hydrogen-bond acceptors (Lipinski definition) is 3. The van der Waals surface area contributed by atoms with Gasteiger partial charge in [0, 0.05) is 18.7 Å². The number of amides is 1. The Balaban J connectivity index is 2.26. The van der Waals surface area contributed by atoms with Gasteiger partial charge in [0.25, 0.3) is 5.91 Å². The van der Waals surface area contributed by atoms with Crippen LogP contribution >= 0.6 is 0 Å². The maximum absolute atomic E-state index is 12.9. The van der Waals surface area contributed by atoms with Crippen LogP contribution in [0.1, 0.15) is 37.0 Å². The lowest BCUT2D eigenvalue weighted by Crippen LogP contribution is -2.24. The number of nitrogens with one attached hydrogen (secondary N) is 1. The van der Waals surface area contributed by atoms with Crippen molar-refractivity contribution in [2.75, 3.05) is 18.9 Å². The number of halogens is 1. The summed E-state index contributed by atoms with van der Waals surface area (Å²) in [4.78, 5) is 11.7. The number of rotatable bonds is 7. The van der Waals surface area contributed by atoms with E-state index in [1.165, 1.54) is 18.2 Å². The van der Waals surface area contributed by atoms with Crippen LogP contribution in [0.25, 0.3) is 0 Å². The predicted octanol–water partition coefficient (Wildman–Crippen LogP) is 2.34. The third-order valence-electron chi connectivity index (χ3n) is 2.57. The molecule has 0 aliphatic heterocycles. The van der Waals surface area contributed by atoms with E-state index in [1.54, 1.807) is 0 Å². The average molecular weight is 268 g/mol. The maximum Gasteiger partial charge on any atom is 0.251 e. The fraction of sp³-hybridized carbons (Fsp3) is 0.500. The summed E-state index contributed by atoms with van der Waals surface area (Å²) in [5.74, 6) is -0.751.